The Morgan fingerprint density at radius 2 is 2.00 bits per heavy atom. The molecule has 1 aromatic carbocycles. The summed E-state index contributed by atoms with van der Waals surface area (Å²) in [5.41, 5.74) is 1.20. The van der Waals surface area contributed by atoms with Gasteiger partial charge in [-0.05, 0) is 49.1 Å². The molecule has 0 fully saturated rings. The largest absolute Gasteiger partial charge is 0.314 e. The zero-order valence-electron chi connectivity index (χ0n) is 10.0. The molecule has 0 spiro atoms. The van der Waals surface area contributed by atoms with Gasteiger partial charge in [-0.2, -0.15) is 11.8 Å². The number of hydrogen-bond donors (Lipinski definition) is 1. The predicted molar refractivity (Wildman–Crippen MR) is 70.6 cm³/mol. The Labute approximate surface area is 102 Å². The highest BCUT2D eigenvalue weighted by Crippen LogP contribution is 2.09. The molecule has 0 aliphatic rings. The van der Waals surface area contributed by atoms with E-state index in [0.29, 0.717) is 6.04 Å². The molecule has 0 saturated carbocycles. The fraction of sp³-hybridized carbons (Fsp3) is 0.538. The fourth-order valence-corrected chi connectivity index (χ4v) is 2.25. The fourth-order valence-electron chi connectivity index (χ4n) is 1.73. The highest BCUT2D eigenvalue weighted by molar-refractivity contribution is 7.98. The van der Waals surface area contributed by atoms with Crippen LogP contribution in [0.4, 0.5) is 4.39 Å². The van der Waals surface area contributed by atoms with Gasteiger partial charge in [-0.25, -0.2) is 4.39 Å². The Bertz CT molecular complexity index is 286. The van der Waals surface area contributed by atoms with E-state index in [0.717, 1.165) is 19.4 Å². The quantitative estimate of drug-likeness (QED) is 0.787. The van der Waals surface area contributed by atoms with Crippen LogP contribution in [-0.4, -0.2) is 24.6 Å². The highest BCUT2D eigenvalue weighted by Gasteiger charge is 2.07. The molecule has 0 heterocycles. The molecule has 1 nitrogen and oxygen atoms in total. The third kappa shape index (κ3) is 4.99. The number of hydrogen-bond acceptors (Lipinski definition) is 2. The number of halogens is 1. The second-order valence-electron chi connectivity index (χ2n) is 3.87. The first-order chi connectivity index (χ1) is 7.76. The van der Waals surface area contributed by atoms with Gasteiger partial charge < -0.3 is 5.32 Å². The first kappa shape index (κ1) is 13.5. The summed E-state index contributed by atoms with van der Waals surface area (Å²) in [6, 6.07) is 7.32. The van der Waals surface area contributed by atoms with E-state index in [1.807, 2.05) is 23.9 Å². The van der Waals surface area contributed by atoms with Crippen LogP contribution in [0, 0.1) is 5.82 Å². The zero-order chi connectivity index (χ0) is 11.8. The van der Waals surface area contributed by atoms with Crippen LogP contribution in [0.2, 0.25) is 0 Å². The molecule has 16 heavy (non-hydrogen) atoms. The molecule has 1 rings (SSSR count). The summed E-state index contributed by atoms with van der Waals surface area (Å²) in [4.78, 5) is 0. The van der Waals surface area contributed by atoms with E-state index in [1.165, 1.54) is 23.4 Å². The second-order valence-corrected chi connectivity index (χ2v) is 4.85. The van der Waals surface area contributed by atoms with E-state index < -0.39 is 0 Å². The molecular formula is C13H20FNS. The molecule has 0 aliphatic carbocycles. The first-order valence-electron chi connectivity index (χ1n) is 5.73. The normalized spacial score (nSPS) is 12.7. The summed E-state index contributed by atoms with van der Waals surface area (Å²) in [5, 5.41) is 3.47. The third-order valence-corrected chi connectivity index (χ3v) is 3.20. The van der Waals surface area contributed by atoms with Gasteiger partial charge in [-0.15, -0.1) is 0 Å². The smallest absolute Gasteiger partial charge is 0.123 e. The van der Waals surface area contributed by atoms with Gasteiger partial charge >= 0.3 is 0 Å². The van der Waals surface area contributed by atoms with Gasteiger partial charge in [0.2, 0.25) is 0 Å². The molecule has 90 valence electrons. The van der Waals surface area contributed by atoms with Crippen LogP contribution in [0.1, 0.15) is 18.9 Å². The van der Waals surface area contributed by atoms with Crippen LogP contribution in [0.5, 0.6) is 0 Å². The predicted octanol–water partition coefficient (Wildman–Crippen LogP) is 3.10. The van der Waals surface area contributed by atoms with Crippen LogP contribution in [0.15, 0.2) is 24.3 Å². The molecular weight excluding hydrogens is 221 g/mol. The van der Waals surface area contributed by atoms with Gasteiger partial charge in [0.25, 0.3) is 0 Å². The summed E-state index contributed by atoms with van der Waals surface area (Å²) in [6.07, 6.45) is 4.27. The summed E-state index contributed by atoms with van der Waals surface area (Å²) in [6.45, 7) is 3.11. The Kier molecular flexibility index (Phi) is 6.50. The van der Waals surface area contributed by atoms with Crippen LogP contribution >= 0.6 is 11.8 Å². The van der Waals surface area contributed by atoms with E-state index in [2.05, 4.69) is 18.5 Å². The zero-order valence-corrected chi connectivity index (χ0v) is 10.8. The van der Waals surface area contributed by atoms with Crippen LogP contribution in [-0.2, 0) is 6.42 Å². The van der Waals surface area contributed by atoms with Gasteiger partial charge in [0.05, 0.1) is 0 Å². The molecule has 1 atom stereocenters. The van der Waals surface area contributed by atoms with Crippen molar-refractivity contribution < 1.29 is 4.39 Å². The first-order valence-corrected chi connectivity index (χ1v) is 7.12. The van der Waals surface area contributed by atoms with Crippen LogP contribution in [0.25, 0.3) is 0 Å². The highest BCUT2D eigenvalue weighted by atomic mass is 32.2. The van der Waals surface area contributed by atoms with Gasteiger partial charge in [0, 0.05) is 6.04 Å². The van der Waals surface area contributed by atoms with Crippen molar-refractivity contribution in [1.82, 2.24) is 5.32 Å². The number of nitrogens with one attached hydrogen (secondary N) is 1. The van der Waals surface area contributed by atoms with E-state index in [4.69, 9.17) is 0 Å². The van der Waals surface area contributed by atoms with Crippen molar-refractivity contribution in [1.29, 1.82) is 0 Å². The maximum Gasteiger partial charge on any atom is 0.123 e. The standard InChI is InChI=1S/C13H20FNS/c1-3-15-13(8-9-16-2)10-11-4-6-12(14)7-5-11/h4-7,13,15H,3,8-10H2,1-2H3. The minimum absolute atomic E-state index is 0.159. The number of rotatable bonds is 7. The summed E-state index contributed by atoms with van der Waals surface area (Å²) < 4.78 is 12.8. The Morgan fingerprint density at radius 1 is 1.31 bits per heavy atom. The molecule has 0 radical (unpaired) electrons. The number of benzene rings is 1. The lowest BCUT2D eigenvalue weighted by atomic mass is 10.0. The molecule has 0 amide bonds. The van der Waals surface area contributed by atoms with Gasteiger partial charge in [-0.1, -0.05) is 19.1 Å². The molecule has 0 aliphatic heterocycles. The van der Waals surface area contributed by atoms with E-state index in [-0.39, 0.29) is 5.82 Å². The molecule has 1 unspecified atom stereocenters. The molecule has 1 aromatic rings. The molecule has 0 aromatic heterocycles. The second kappa shape index (κ2) is 7.69. The van der Waals surface area contributed by atoms with E-state index in [9.17, 15) is 4.39 Å². The average Bonchev–Trinajstić information content (AvgIpc) is 2.29. The van der Waals surface area contributed by atoms with Crippen molar-refractivity contribution >= 4 is 11.8 Å². The van der Waals surface area contributed by atoms with Crippen molar-refractivity contribution in [3.05, 3.63) is 35.6 Å². The van der Waals surface area contributed by atoms with E-state index in [1.54, 1.807) is 0 Å². The van der Waals surface area contributed by atoms with Gasteiger partial charge in [0.1, 0.15) is 5.82 Å². The maximum atomic E-state index is 12.8. The monoisotopic (exact) mass is 241 g/mol. The van der Waals surface area contributed by atoms with Crippen LogP contribution in [0.3, 0.4) is 0 Å². The lowest BCUT2D eigenvalue weighted by Crippen LogP contribution is -2.31. The third-order valence-electron chi connectivity index (χ3n) is 2.56. The van der Waals surface area contributed by atoms with Crippen molar-refractivity contribution in [2.45, 2.75) is 25.8 Å². The van der Waals surface area contributed by atoms with Gasteiger partial charge in [0.15, 0.2) is 0 Å². The maximum absolute atomic E-state index is 12.8. The Morgan fingerprint density at radius 3 is 2.56 bits per heavy atom. The average molecular weight is 241 g/mol. The van der Waals surface area contributed by atoms with Crippen molar-refractivity contribution in [2.24, 2.45) is 0 Å². The van der Waals surface area contributed by atoms with Crippen molar-refractivity contribution in [2.75, 3.05) is 18.6 Å². The minimum Gasteiger partial charge on any atom is -0.314 e. The SMILES string of the molecule is CCNC(CCSC)Cc1ccc(F)cc1. The van der Waals surface area contributed by atoms with E-state index >= 15 is 0 Å². The summed E-state index contributed by atoms with van der Waals surface area (Å²) in [5.74, 6) is 1.01. The lowest BCUT2D eigenvalue weighted by Gasteiger charge is -2.17. The minimum atomic E-state index is -0.159. The summed E-state index contributed by atoms with van der Waals surface area (Å²) in [7, 11) is 0. The topological polar surface area (TPSA) is 12.0 Å². The molecule has 0 bridgehead atoms. The molecule has 0 saturated heterocycles. The van der Waals surface area contributed by atoms with Crippen LogP contribution < -0.4 is 5.32 Å². The Hall–Kier alpha value is -0.540. The lowest BCUT2D eigenvalue weighted by molar-refractivity contribution is 0.513. The summed E-state index contributed by atoms with van der Waals surface area (Å²) >= 11 is 1.87. The molecule has 1 N–H and O–H groups in total. The van der Waals surface area contributed by atoms with Crippen molar-refractivity contribution in [3.8, 4) is 0 Å². The van der Waals surface area contributed by atoms with Gasteiger partial charge in [-0.3, -0.25) is 0 Å². The Balaban J connectivity index is 2.49. The van der Waals surface area contributed by atoms with Crippen molar-refractivity contribution in [3.63, 3.8) is 0 Å². The molecule has 3 heteroatoms. The number of likely N-dealkylation sites (N-methyl/N-ethyl adjacent to an activating group) is 1. The number of thioether (sulfide) groups is 1.